The molecule has 1 heterocycles. The Hall–Kier alpha value is -2.43. The van der Waals surface area contributed by atoms with Crippen LogP contribution in [0.25, 0.3) is 0 Å². The van der Waals surface area contributed by atoms with Crippen LogP contribution in [0.1, 0.15) is 75.9 Å². The third kappa shape index (κ3) is 4.58. The molecule has 34 heavy (non-hydrogen) atoms. The molecule has 10 heteroatoms. The summed E-state index contributed by atoms with van der Waals surface area (Å²) in [5.74, 6) is -0.801. The molecule has 2 aromatic rings. The van der Waals surface area contributed by atoms with Crippen LogP contribution >= 0.6 is 11.3 Å². The smallest absolute Gasteiger partial charge is 0.384 e. The number of halogens is 3. The van der Waals surface area contributed by atoms with E-state index in [0.717, 1.165) is 25.0 Å². The quantitative estimate of drug-likeness (QED) is 0.561. The van der Waals surface area contributed by atoms with Crippen molar-refractivity contribution < 1.29 is 33.0 Å². The Morgan fingerprint density at radius 2 is 1.59 bits per heavy atom. The highest BCUT2D eigenvalue weighted by Gasteiger charge is 2.51. The first-order valence-corrected chi connectivity index (χ1v) is 12.0. The van der Waals surface area contributed by atoms with Crippen molar-refractivity contribution in [2.24, 2.45) is 5.73 Å². The molecular weight excluding hydrogens is 469 g/mol. The van der Waals surface area contributed by atoms with Crippen LogP contribution in [0.15, 0.2) is 36.4 Å². The molecular formula is C24H27F3N2O4S. The molecule has 4 N–H and O–H groups in total. The van der Waals surface area contributed by atoms with Crippen LogP contribution in [-0.2, 0) is 11.2 Å². The lowest BCUT2D eigenvalue weighted by Gasteiger charge is -2.41. The summed E-state index contributed by atoms with van der Waals surface area (Å²) in [6.07, 6.45) is -1.16. The maximum atomic E-state index is 13.3. The lowest BCUT2D eigenvalue weighted by molar-refractivity contribution is -0.258. The summed E-state index contributed by atoms with van der Waals surface area (Å²) in [6.45, 7) is 0.684. The fraction of sp³-hybridized carbons (Fsp3) is 0.500. The summed E-state index contributed by atoms with van der Waals surface area (Å²) in [4.78, 5) is 27.6. The van der Waals surface area contributed by atoms with Gasteiger partial charge in [0, 0.05) is 22.5 Å². The Bertz CT molecular complexity index is 1070. The first-order chi connectivity index (χ1) is 15.8. The average Bonchev–Trinajstić information content (AvgIpc) is 3.47. The molecule has 2 saturated carbocycles. The molecule has 1 atom stereocenters. The Kier molecular flexibility index (Phi) is 6.28. The SMILES string of the molecule is C[C@](O)(c1ccc(C(=O)N(C2CC2)[C@H]2CC[C@@](O)(c3ccc(C(N)=O)s3)CC2)cc1)C(F)(F)F. The van der Waals surface area contributed by atoms with Gasteiger partial charge in [0.25, 0.3) is 11.8 Å². The van der Waals surface area contributed by atoms with Crippen LogP contribution in [0.2, 0.25) is 0 Å². The zero-order valence-corrected chi connectivity index (χ0v) is 19.5. The largest absolute Gasteiger partial charge is 0.421 e. The summed E-state index contributed by atoms with van der Waals surface area (Å²) in [5.41, 5.74) is 1.16. The van der Waals surface area contributed by atoms with Crippen LogP contribution < -0.4 is 5.73 Å². The number of nitrogens with zero attached hydrogens (tertiary/aromatic N) is 1. The summed E-state index contributed by atoms with van der Waals surface area (Å²) < 4.78 is 39.4. The zero-order chi connectivity index (χ0) is 24.9. The van der Waals surface area contributed by atoms with Crippen molar-refractivity contribution in [3.05, 3.63) is 57.3 Å². The van der Waals surface area contributed by atoms with Gasteiger partial charge < -0.3 is 20.8 Å². The number of carbonyl (C=O) groups excluding carboxylic acids is 2. The van der Waals surface area contributed by atoms with Gasteiger partial charge in [-0.3, -0.25) is 9.59 Å². The van der Waals surface area contributed by atoms with E-state index in [1.807, 2.05) is 0 Å². The van der Waals surface area contributed by atoms with Gasteiger partial charge in [-0.25, -0.2) is 0 Å². The maximum Gasteiger partial charge on any atom is 0.421 e. The number of amides is 2. The van der Waals surface area contributed by atoms with Gasteiger partial charge in [-0.1, -0.05) is 12.1 Å². The van der Waals surface area contributed by atoms with Gasteiger partial charge in [0.05, 0.1) is 10.5 Å². The number of thiophene rings is 1. The molecule has 2 fully saturated rings. The Balaban J connectivity index is 1.48. The molecule has 6 nitrogen and oxygen atoms in total. The van der Waals surface area contributed by atoms with Gasteiger partial charge in [0.2, 0.25) is 0 Å². The first kappa shape index (κ1) is 24.7. The van der Waals surface area contributed by atoms with Crippen molar-refractivity contribution >= 4 is 23.2 Å². The Morgan fingerprint density at radius 3 is 2.06 bits per heavy atom. The van der Waals surface area contributed by atoms with E-state index in [-0.39, 0.29) is 29.1 Å². The molecule has 2 amide bonds. The second-order valence-corrected chi connectivity index (χ2v) is 10.5. The predicted octanol–water partition coefficient (Wildman–Crippen LogP) is 4.05. The van der Waals surface area contributed by atoms with Crippen molar-refractivity contribution in [3.63, 3.8) is 0 Å². The lowest BCUT2D eigenvalue weighted by Crippen LogP contribution is -2.46. The third-order valence-electron chi connectivity index (χ3n) is 6.90. The third-order valence-corrected chi connectivity index (χ3v) is 8.20. The van der Waals surface area contributed by atoms with Crippen LogP contribution in [0.5, 0.6) is 0 Å². The molecule has 0 saturated heterocycles. The molecule has 4 rings (SSSR count). The number of benzene rings is 1. The van der Waals surface area contributed by atoms with Crippen molar-refractivity contribution in [2.75, 3.05) is 0 Å². The fourth-order valence-corrected chi connectivity index (χ4v) is 5.56. The van der Waals surface area contributed by atoms with Gasteiger partial charge in [-0.05, 0) is 75.3 Å². The number of primary amides is 1. The number of carbonyl (C=O) groups is 2. The highest BCUT2D eigenvalue weighted by Crippen LogP contribution is 2.44. The molecule has 184 valence electrons. The number of hydrogen-bond donors (Lipinski definition) is 3. The minimum absolute atomic E-state index is 0.0739. The molecule has 1 aromatic carbocycles. The Labute approximate surface area is 199 Å². The predicted molar refractivity (Wildman–Crippen MR) is 120 cm³/mol. The summed E-state index contributed by atoms with van der Waals surface area (Å²) in [7, 11) is 0. The van der Waals surface area contributed by atoms with Crippen LogP contribution in [-0.4, -0.2) is 45.2 Å². The maximum absolute atomic E-state index is 13.3. The molecule has 0 spiro atoms. The normalized spacial score (nSPS) is 24.9. The topological polar surface area (TPSA) is 104 Å². The molecule has 2 aliphatic carbocycles. The van der Waals surface area contributed by atoms with Crippen LogP contribution in [0.4, 0.5) is 13.2 Å². The van der Waals surface area contributed by atoms with E-state index in [0.29, 0.717) is 42.4 Å². The van der Waals surface area contributed by atoms with Crippen molar-refractivity contribution in [3.8, 4) is 0 Å². The lowest BCUT2D eigenvalue weighted by atomic mass is 9.80. The molecule has 2 aliphatic rings. The monoisotopic (exact) mass is 496 g/mol. The average molecular weight is 497 g/mol. The molecule has 0 bridgehead atoms. The number of rotatable bonds is 6. The number of aliphatic hydroxyl groups is 2. The highest BCUT2D eigenvalue weighted by atomic mass is 32.1. The summed E-state index contributed by atoms with van der Waals surface area (Å²) in [5, 5.41) is 21.0. The fourth-order valence-electron chi connectivity index (χ4n) is 4.56. The second kappa shape index (κ2) is 8.66. The summed E-state index contributed by atoms with van der Waals surface area (Å²) >= 11 is 1.18. The highest BCUT2D eigenvalue weighted by molar-refractivity contribution is 7.14. The Morgan fingerprint density at radius 1 is 1.03 bits per heavy atom. The minimum Gasteiger partial charge on any atom is -0.384 e. The van der Waals surface area contributed by atoms with Gasteiger partial charge in [0.1, 0.15) is 0 Å². The molecule has 0 unspecified atom stereocenters. The van der Waals surface area contributed by atoms with Crippen LogP contribution in [0, 0.1) is 0 Å². The number of hydrogen-bond acceptors (Lipinski definition) is 5. The molecule has 0 radical (unpaired) electrons. The van der Waals surface area contributed by atoms with Gasteiger partial charge in [-0.2, -0.15) is 13.2 Å². The second-order valence-electron chi connectivity index (χ2n) is 9.38. The van der Waals surface area contributed by atoms with E-state index in [2.05, 4.69) is 0 Å². The van der Waals surface area contributed by atoms with Gasteiger partial charge >= 0.3 is 6.18 Å². The standard InChI is InChI=1S/C24H27F3N2O4S/c1-22(32,24(25,26)27)15-4-2-14(3-5-15)21(31)29(16-6-7-16)17-10-12-23(33,13-11-17)19-9-8-18(34-19)20(28)30/h2-5,8-9,16-17,32-33H,6-7,10-13H2,1H3,(H2,28,30)/t17-,22-,23-/m0/s1. The van der Waals surface area contributed by atoms with E-state index >= 15 is 0 Å². The van der Waals surface area contributed by atoms with Crippen molar-refractivity contribution in [2.45, 2.75) is 74.9 Å². The van der Waals surface area contributed by atoms with E-state index in [4.69, 9.17) is 5.73 Å². The van der Waals surface area contributed by atoms with Gasteiger partial charge in [-0.15, -0.1) is 11.3 Å². The number of nitrogens with two attached hydrogens (primary N) is 1. The van der Waals surface area contributed by atoms with E-state index in [9.17, 15) is 33.0 Å². The molecule has 1 aromatic heterocycles. The number of alkyl halides is 3. The van der Waals surface area contributed by atoms with Crippen molar-refractivity contribution in [1.82, 2.24) is 4.90 Å². The minimum atomic E-state index is -4.84. The van der Waals surface area contributed by atoms with Crippen molar-refractivity contribution in [1.29, 1.82) is 0 Å². The molecule has 0 aliphatic heterocycles. The van der Waals surface area contributed by atoms with E-state index in [1.54, 1.807) is 17.0 Å². The van der Waals surface area contributed by atoms with E-state index < -0.39 is 23.3 Å². The first-order valence-electron chi connectivity index (χ1n) is 11.2. The van der Waals surface area contributed by atoms with E-state index in [1.165, 1.54) is 23.5 Å². The van der Waals surface area contributed by atoms with Crippen LogP contribution in [0.3, 0.4) is 0 Å². The zero-order valence-electron chi connectivity index (χ0n) is 18.6. The summed E-state index contributed by atoms with van der Waals surface area (Å²) in [6, 6.07) is 8.21. The van der Waals surface area contributed by atoms with Gasteiger partial charge in [0.15, 0.2) is 5.60 Å².